The maximum Gasteiger partial charge on any atom is 0.241 e. The van der Waals surface area contributed by atoms with Gasteiger partial charge >= 0.3 is 0 Å². The monoisotopic (exact) mass is 418 g/mol. The average molecular weight is 419 g/mol. The van der Waals surface area contributed by atoms with Crippen LogP contribution in [-0.2, 0) is 11.3 Å². The smallest absolute Gasteiger partial charge is 0.241 e. The third-order valence-electron chi connectivity index (χ3n) is 5.51. The van der Waals surface area contributed by atoms with Gasteiger partial charge in [-0.05, 0) is 39.7 Å². The first-order chi connectivity index (χ1) is 15.0. The Labute approximate surface area is 186 Å². The van der Waals surface area contributed by atoms with Gasteiger partial charge in [0.25, 0.3) is 0 Å². The Kier molecular flexibility index (Phi) is 8.01. The summed E-state index contributed by atoms with van der Waals surface area (Å²) in [6, 6.07) is 21.3. The molecule has 0 aliphatic rings. The number of nitrogens with one attached hydrogen (secondary N) is 1. The average Bonchev–Trinajstić information content (AvgIpc) is 3.17. The van der Waals surface area contributed by atoms with Crippen LogP contribution < -0.4 is 5.32 Å². The van der Waals surface area contributed by atoms with Crippen LogP contribution in [0.3, 0.4) is 0 Å². The van der Waals surface area contributed by atoms with Gasteiger partial charge < -0.3 is 5.32 Å². The van der Waals surface area contributed by atoms with E-state index in [9.17, 15) is 4.79 Å². The number of rotatable bonds is 10. The van der Waals surface area contributed by atoms with Crippen molar-refractivity contribution in [2.75, 3.05) is 13.1 Å². The Morgan fingerprint density at radius 2 is 1.52 bits per heavy atom. The van der Waals surface area contributed by atoms with Gasteiger partial charge in [-0.2, -0.15) is 5.10 Å². The second kappa shape index (κ2) is 10.9. The zero-order valence-corrected chi connectivity index (χ0v) is 19.1. The van der Waals surface area contributed by atoms with E-state index in [-0.39, 0.29) is 12.5 Å². The van der Waals surface area contributed by atoms with Crippen LogP contribution >= 0.6 is 0 Å². The van der Waals surface area contributed by atoms with E-state index in [1.807, 2.05) is 47.3 Å². The molecule has 1 heterocycles. The van der Waals surface area contributed by atoms with E-state index in [0.29, 0.717) is 18.6 Å². The van der Waals surface area contributed by atoms with E-state index >= 15 is 0 Å². The van der Waals surface area contributed by atoms with Crippen molar-refractivity contribution in [2.24, 2.45) is 0 Å². The molecule has 3 rings (SSSR count). The highest BCUT2D eigenvalue weighted by molar-refractivity contribution is 5.82. The molecule has 0 aliphatic carbocycles. The zero-order chi connectivity index (χ0) is 22.2. The third-order valence-corrected chi connectivity index (χ3v) is 5.51. The summed E-state index contributed by atoms with van der Waals surface area (Å²) in [7, 11) is 0. The maximum absolute atomic E-state index is 12.7. The van der Waals surface area contributed by atoms with E-state index in [0.717, 1.165) is 35.3 Å². The summed E-state index contributed by atoms with van der Waals surface area (Å²) in [5.41, 5.74) is 4.14. The Morgan fingerprint density at radius 3 is 2.10 bits per heavy atom. The fraction of sp³-hybridized carbons (Fsp3) is 0.385. The number of benzene rings is 2. The van der Waals surface area contributed by atoms with Crippen molar-refractivity contribution in [1.29, 1.82) is 0 Å². The molecule has 0 spiro atoms. The second-order valence-corrected chi connectivity index (χ2v) is 8.43. The van der Waals surface area contributed by atoms with Gasteiger partial charge in [-0.1, -0.05) is 60.7 Å². The van der Waals surface area contributed by atoms with Gasteiger partial charge in [-0.25, -0.2) is 0 Å². The normalized spacial score (nSPS) is 11.5. The Bertz CT molecular complexity index is 940. The van der Waals surface area contributed by atoms with Crippen LogP contribution in [-0.4, -0.2) is 45.8 Å². The number of nitrogens with zero attached hydrogens (tertiary/aromatic N) is 3. The van der Waals surface area contributed by atoms with Crippen LogP contribution in [0.15, 0.2) is 66.9 Å². The molecule has 0 saturated heterocycles. The SMILES string of the molecule is CC(C)N(CCCNC(=O)Cn1ncc(-c2ccccc2)c1-c1ccccc1)C(C)C. The molecule has 164 valence electrons. The van der Waals surface area contributed by atoms with Crippen molar-refractivity contribution in [3.8, 4) is 22.4 Å². The van der Waals surface area contributed by atoms with Gasteiger partial charge in [0.2, 0.25) is 5.91 Å². The summed E-state index contributed by atoms with van der Waals surface area (Å²) in [6.07, 6.45) is 2.79. The fourth-order valence-corrected chi connectivity index (χ4v) is 4.03. The maximum atomic E-state index is 12.7. The number of hydrogen-bond donors (Lipinski definition) is 1. The molecule has 1 aromatic heterocycles. The molecule has 2 aromatic carbocycles. The largest absolute Gasteiger partial charge is 0.354 e. The van der Waals surface area contributed by atoms with E-state index in [4.69, 9.17) is 0 Å². The topological polar surface area (TPSA) is 50.2 Å². The van der Waals surface area contributed by atoms with E-state index in [2.05, 4.69) is 67.3 Å². The highest BCUT2D eigenvalue weighted by atomic mass is 16.2. The van der Waals surface area contributed by atoms with Crippen LogP contribution in [0, 0.1) is 0 Å². The van der Waals surface area contributed by atoms with Crippen molar-refractivity contribution in [3.05, 3.63) is 66.9 Å². The molecule has 0 aliphatic heterocycles. The number of hydrogen-bond acceptors (Lipinski definition) is 3. The molecule has 1 N–H and O–H groups in total. The highest BCUT2D eigenvalue weighted by Crippen LogP contribution is 2.31. The van der Waals surface area contributed by atoms with E-state index in [1.165, 1.54) is 0 Å². The molecule has 0 bridgehead atoms. The van der Waals surface area contributed by atoms with Crippen LogP contribution in [0.2, 0.25) is 0 Å². The molecule has 0 saturated carbocycles. The molecule has 0 fully saturated rings. The van der Waals surface area contributed by atoms with E-state index in [1.54, 1.807) is 0 Å². The first-order valence-corrected chi connectivity index (χ1v) is 11.2. The first kappa shape index (κ1) is 22.8. The van der Waals surface area contributed by atoms with Crippen molar-refractivity contribution < 1.29 is 4.79 Å². The molecule has 3 aromatic rings. The summed E-state index contributed by atoms with van der Waals surface area (Å²) in [4.78, 5) is 15.1. The van der Waals surface area contributed by atoms with Crippen molar-refractivity contribution in [2.45, 2.75) is 52.7 Å². The predicted octanol–water partition coefficient (Wildman–Crippen LogP) is 4.84. The van der Waals surface area contributed by atoms with Crippen LogP contribution in [0.4, 0.5) is 0 Å². The molecular formula is C26H34N4O. The number of amides is 1. The lowest BCUT2D eigenvalue weighted by molar-refractivity contribution is -0.121. The number of carbonyl (C=O) groups excluding carboxylic acids is 1. The van der Waals surface area contributed by atoms with Gasteiger partial charge in [0.15, 0.2) is 0 Å². The Morgan fingerprint density at radius 1 is 0.935 bits per heavy atom. The number of aromatic nitrogens is 2. The van der Waals surface area contributed by atoms with Gasteiger partial charge in [0.1, 0.15) is 6.54 Å². The summed E-state index contributed by atoms with van der Waals surface area (Å²) in [5, 5.41) is 7.62. The third kappa shape index (κ3) is 6.05. The van der Waals surface area contributed by atoms with Crippen LogP contribution in [0.25, 0.3) is 22.4 Å². The molecule has 5 nitrogen and oxygen atoms in total. The zero-order valence-electron chi connectivity index (χ0n) is 19.1. The first-order valence-electron chi connectivity index (χ1n) is 11.2. The minimum Gasteiger partial charge on any atom is -0.354 e. The summed E-state index contributed by atoms with van der Waals surface area (Å²) in [5.74, 6) is -0.0134. The van der Waals surface area contributed by atoms with Crippen LogP contribution in [0.5, 0.6) is 0 Å². The summed E-state index contributed by atoms with van der Waals surface area (Å²) < 4.78 is 1.81. The molecule has 1 amide bonds. The highest BCUT2D eigenvalue weighted by Gasteiger charge is 2.17. The van der Waals surface area contributed by atoms with Gasteiger partial charge in [0.05, 0.1) is 11.9 Å². The minimum absolute atomic E-state index is 0.0134. The standard InChI is InChI=1S/C26H34N4O/c1-20(2)29(21(3)4)17-11-16-27-25(31)19-30-26(23-14-9-6-10-15-23)24(18-28-30)22-12-7-5-8-13-22/h5-10,12-15,18,20-21H,11,16-17,19H2,1-4H3,(H,27,31). The lowest BCUT2D eigenvalue weighted by Gasteiger charge is -2.30. The van der Waals surface area contributed by atoms with E-state index < -0.39 is 0 Å². The molecular weight excluding hydrogens is 384 g/mol. The fourth-order valence-electron chi connectivity index (χ4n) is 4.03. The van der Waals surface area contributed by atoms with Gasteiger partial charge in [-0.15, -0.1) is 0 Å². The van der Waals surface area contributed by atoms with Gasteiger partial charge in [-0.3, -0.25) is 14.4 Å². The lowest BCUT2D eigenvalue weighted by atomic mass is 10.0. The Balaban J connectivity index is 1.69. The van der Waals surface area contributed by atoms with Crippen LogP contribution in [0.1, 0.15) is 34.1 Å². The quantitative estimate of drug-likeness (QED) is 0.479. The van der Waals surface area contributed by atoms with Crippen molar-refractivity contribution >= 4 is 5.91 Å². The second-order valence-electron chi connectivity index (χ2n) is 8.43. The molecule has 5 heteroatoms. The van der Waals surface area contributed by atoms with Gasteiger partial charge in [0, 0.05) is 36.3 Å². The number of carbonyl (C=O) groups is 1. The summed E-state index contributed by atoms with van der Waals surface area (Å²) >= 11 is 0. The molecule has 0 atom stereocenters. The van der Waals surface area contributed by atoms with Crippen molar-refractivity contribution in [1.82, 2.24) is 20.0 Å². The van der Waals surface area contributed by atoms with Crippen molar-refractivity contribution in [3.63, 3.8) is 0 Å². The molecule has 0 unspecified atom stereocenters. The summed E-state index contributed by atoms with van der Waals surface area (Å²) in [6.45, 7) is 10.7. The minimum atomic E-state index is -0.0134. The lowest BCUT2D eigenvalue weighted by Crippen LogP contribution is -2.39. The molecule has 0 radical (unpaired) electrons. The molecule has 31 heavy (non-hydrogen) atoms. The Hall–Kier alpha value is -2.92. The predicted molar refractivity (Wildman–Crippen MR) is 128 cm³/mol.